The molecule has 116 valence electrons. The third-order valence-electron chi connectivity index (χ3n) is 2.86. The molecule has 0 aromatic heterocycles. The molecule has 5 nitrogen and oxygen atoms in total. The van der Waals surface area contributed by atoms with E-state index in [-0.39, 0.29) is 35.6 Å². The molecule has 1 aliphatic rings. The van der Waals surface area contributed by atoms with Crippen molar-refractivity contribution in [2.75, 3.05) is 31.1 Å². The topological polar surface area (TPSA) is 70.6 Å². The highest BCUT2D eigenvalue weighted by Crippen LogP contribution is 2.17. The van der Waals surface area contributed by atoms with Crippen LogP contribution < -0.4 is 10.6 Å². The number of hydrogen-bond donors (Lipinski definition) is 2. The standard InChI is InChI=1S/C13H23N3O2S.HI/c1-4-6-14-13(15-8-11(2)3)16-9-12-5-7-19(17,18)10-12;/h1,11-12H,5-10H2,2-3H3,(H2,14,15,16);1H. The van der Waals surface area contributed by atoms with Gasteiger partial charge >= 0.3 is 0 Å². The van der Waals surface area contributed by atoms with Crippen molar-refractivity contribution in [3.05, 3.63) is 0 Å². The number of rotatable bonds is 5. The van der Waals surface area contributed by atoms with Crippen molar-refractivity contribution >= 4 is 39.8 Å². The average Bonchev–Trinajstić information content (AvgIpc) is 2.68. The summed E-state index contributed by atoms with van der Waals surface area (Å²) < 4.78 is 22.7. The number of guanidine groups is 1. The van der Waals surface area contributed by atoms with Crippen LogP contribution in [0.15, 0.2) is 4.99 Å². The number of terminal acetylenes is 1. The van der Waals surface area contributed by atoms with Gasteiger partial charge in [0.2, 0.25) is 0 Å². The molecule has 7 heteroatoms. The summed E-state index contributed by atoms with van der Waals surface area (Å²) in [5.74, 6) is 4.37. The lowest BCUT2D eigenvalue weighted by molar-refractivity contribution is 0.566. The smallest absolute Gasteiger partial charge is 0.192 e. The molecule has 0 aliphatic carbocycles. The van der Waals surface area contributed by atoms with E-state index in [0.717, 1.165) is 6.42 Å². The van der Waals surface area contributed by atoms with Crippen LogP contribution in [0.1, 0.15) is 20.3 Å². The Labute approximate surface area is 139 Å². The molecular weight excluding hydrogens is 389 g/mol. The Balaban J connectivity index is 0.00000361. The fourth-order valence-corrected chi connectivity index (χ4v) is 3.72. The third kappa shape index (κ3) is 7.94. The zero-order valence-corrected chi connectivity index (χ0v) is 15.2. The van der Waals surface area contributed by atoms with Crippen molar-refractivity contribution in [1.29, 1.82) is 0 Å². The zero-order valence-electron chi connectivity index (χ0n) is 12.1. The van der Waals surface area contributed by atoms with Gasteiger partial charge in [-0.2, -0.15) is 0 Å². The Bertz CT molecular complexity index is 455. The van der Waals surface area contributed by atoms with Crippen molar-refractivity contribution in [2.45, 2.75) is 20.3 Å². The lowest BCUT2D eigenvalue weighted by Crippen LogP contribution is -2.40. The monoisotopic (exact) mass is 413 g/mol. The van der Waals surface area contributed by atoms with Crippen molar-refractivity contribution < 1.29 is 8.42 Å². The quantitative estimate of drug-likeness (QED) is 0.304. The van der Waals surface area contributed by atoms with Crippen LogP contribution in [0.4, 0.5) is 0 Å². The Morgan fingerprint density at radius 1 is 1.45 bits per heavy atom. The summed E-state index contributed by atoms with van der Waals surface area (Å²) in [5, 5.41) is 6.19. The Hall–Kier alpha value is -0.490. The van der Waals surface area contributed by atoms with Crippen molar-refractivity contribution in [3.63, 3.8) is 0 Å². The van der Waals surface area contributed by atoms with Crippen LogP contribution in [0.2, 0.25) is 0 Å². The molecule has 0 aromatic rings. The zero-order chi connectivity index (χ0) is 14.3. The minimum absolute atomic E-state index is 0. The number of aliphatic imine (C=N–C) groups is 1. The van der Waals surface area contributed by atoms with Gasteiger partial charge < -0.3 is 10.6 Å². The molecule has 0 radical (unpaired) electrons. The van der Waals surface area contributed by atoms with Crippen molar-refractivity contribution in [1.82, 2.24) is 10.6 Å². The van der Waals surface area contributed by atoms with E-state index in [4.69, 9.17) is 6.42 Å². The van der Waals surface area contributed by atoms with E-state index in [1.165, 1.54) is 0 Å². The van der Waals surface area contributed by atoms with Crippen LogP contribution in [0, 0.1) is 24.2 Å². The van der Waals surface area contributed by atoms with Gasteiger partial charge in [0.05, 0.1) is 18.1 Å². The fourth-order valence-electron chi connectivity index (χ4n) is 1.86. The van der Waals surface area contributed by atoms with Gasteiger partial charge in [-0.1, -0.05) is 19.8 Å². The van der Waals surface area contributed by atoms with Crippen LogP contribution >= 0.6 is 24.0 Å². The van der Waals surface area contributed by atoms with E-state index in [2.05, 4.69) is 35.4 Å². The number of nitrogens with one attached hydrogen (secondary N) is 2. The Morgan fingerprint density at radius 2 is 2.15 bits per heavy atom. The summed E-state index contributed by atoms with van der Waals surface area (Å²) in [6, 6.07) is 0. The molecule has 1 atom stereocenters. The molecule has 1 unspecified atom stereocenters. The van der Waals surface area contributed by atoms with Gasteiger partial charge in [0.25, 0.3) is 0 Å². The third-order valence-corrected chi connectivity index (χ3v) is 4.69. The van der Waals surface area contributed by atoms with E-state index in [9.17, 15) is 8.42 Å². The molecular formula is C13H24IN3O2S. The molecule has 0 spiro atoms. The Morgan fingerprint density at radius 3 is 2.65 bits per heavy atom. The lowest BCUT2D eigenvalue weighted by Gasteiger charge is -2.14. The first-order chi connectivity index (χ1) is 8.93. The maximum atomic E-state index is 11.4. The molecule has 1 aliphatic heterocycles. The summed E-state index contributed by atoms with van der Waals surface area (Å²) in [6.45, 7) is 5.92. The second-order valence-corrected chi connectivity index (χ2v) is 7.52. The molecule has 1 rings (SSSR count). The highest BCUT2D eigenvalue weighted by molar-refractivity contribution is 14.0. The SMILES string of the molecule is C#CCNC(=NCC(C)C)NCC1CCS(=O)(=O)C1.I. The second-order valence-electron chi connectivity index (χ2n) is 5.29. The largest absolute Gasteiger partial charge is 0.356 e. The van der Waals surface area contributed by atoms with Gasteiger partial charge in [-0.05, 0) is 18.3 Å². The van der Waals surface area contributed by atoms with Crippen molar-refractivity contribution in [3.8, 4) is 12.3 Å². The maximum absolute atomic E-state index is 11.4. The fraction of sp³-hybridized carbons (Fsp3) is 0.769. The van der Waals surface area contributed by atoms with Crippen LogP contribution in [-0.2, 0) is 9.84 Å². The lowest BCUT2D eigenvalue weighted by atomic mass is 10.1. The van der Waals surface area contributed by atoms with Gasteiger partial charge in [-0.3, -0.25) is 4.99 Å². The first kappa shape index (κ1) is 19.5. The summed E-state index contributed by atoms with van der Waals surface area (Å²) in [4.78, 5) is 4.41. The first-order valence-electron chi connectivity index (χ1n) is 6.59. The first-order valence-corrected chi connectivity index (χ1v) is 8.41. The van der Waals surface area contributed by atoms with Crippen LogP contribution in [-0.4, -0.2) is 45.5 Å². The number of hydrogen-bond acceptors (Lipinski definition) is 3. The molecule has 0 saturated carbocycles. The summed E-state index contributed by atoms with van der Waals surface area (Å²) >= 11 is 0. The summed E-state index contributed by atoms with van der Waals surface area (Å²) in [5.41, 5.74) is 0. The highest BCUT2D eigenvalue weighted by Gasteiger charge is 2.27. The van der Waals surface area contributed by atoms with Gasteiger partial charge in [0.1, 0.15) is 0 Å². The van der Waals surface area contributed by atoms with Gasteiger partial charge in [-0.25, -0.2) is 8.42 Å². The predicted molar refractivity (Wildman–Crippen MR) is 94.2 cm³/mol. The van der Waals surface area contributed by atoms with Gasteiger partial charge in [-0.15, -0.1) is 30.4 Å². The highest BCUT2D eigenvalue weighted by atomic mass is 127. The number of nitrogens with zero attached hydrogens (tertiary/aromatic N) is 1. The molecule has 1 saturated heterocycles. The van der Waals surface area contributed by atoms with E-state index in [1.807, 2.05) is 0 Å². The maximum Gasteiger partial charge on any atom is 0.192 e. The molecule has 0 aromatic carbocycles. The van der Waals surface area contributed by atoms with E-state index >= 15 is 0 Å². The van der Waals surface area contributed by atoms with E-state index in [1.54, 1.807) is 0 Å². The van der Waals surface area contributed by atoms with Crippen LogP contribution in [0.25, 0.3) is 0 Å². The second kappa shape index (κ2) is 9.45. The minimum atomic E-state index is -2.82. The number of halogens is 1. The molecule has 1 heterocycles. The molecule has 1 fully saturated rings. The van der Waals surface area contributed by atoms with Crippen LogP contribution in [0.3, 0.4) is 0 Å². The molecule has 0 amide bonds. The minimum Gasteiger partial charge on any atom is -0.356 e. The van der Waals surface area contributed by atoms with Crippen LogP contribution in [0.5, 0.6) is 0 Å². The van der Waals surface area contributed by atoms with E-state index in [0.29, 0.717) is 37.3 Å². The van der Waals surface area contributed by atoms with Crippen molar-refractivity contribution in [2.24, 2.45) is 16.8 Å². The number of sulfone groups is 1. The Kier molecular flexibility index (Phi) is 9.22. The van der Waals surface area contributed by atoms with Gasteiger partial charge in [0, 0.05) is 13.1 Å². The molecule has 2 N–H and O–H groups in total. The average molecular weight is 413 g/mol. The molecule has 0 bridgehead atoms. The summed E-state index contributed by atoms with van der Waals surface area (Å²) in [6.07, 6.45) is 5.94. The van der Waals surface area contributed by atoms with E-state index < -0.39 is 9.84 Å². The normalized spacial score (nSPS) is 21.1. The predicted octanol–water partition coefficient (Wildman–Crippen LogP) is 0.863. The summed E-state index contributed by atoms with van der Waals surface area (Å²) in [7, 11) is -2.82. The van der Waals surface area contributed by atoms with Gasteiger partial charge in [0.15, 0.2) is 15.8 Å². The molecule has 20 heavy (non-hydrogen) atoms.